The number of carbonyl (C=O) groups is 1. The van der Waals surface area contributed by atoms with Crippen molar-refractivity contribution in [1.29, 1.82) is 5.26 Å². The fraction of sp³-hybridized carbons (Fsp3) is 0.214. The molecule has 33 heavy (non-hydrogen) atoms. The molecular weight excluding hydrogens is 410 g/mol. The summed E-state index contributed by atoms with van der Waals surface area (Å²) in [5, 5.41) is 11.1. The standard InChI is InChI=1S/C28H23N3O2/c1-17-25(20-11-5-8-14-23(20)30(17)3)28(22-13-7-4-10-19(22)27(32)33-28)26-18(2)31(16-29)24-15-9-6-12-21(24)26/h4-15,18,26H,1-3H3. The molecular formula is C28H23N3O2. The second-order valence-corrected chi connectivity index (χ2v) is 8.95. The van der Waals surface area contributed by atoms with Crippen LogP contribution in [0.25, 0.3) is 10.9 Å². The molecule has 5 nitrogen and oxygen atoms in total. The molecule has 0 saturated carbocycles. The van der Waals surface area contributed by atoms with Gasteiger partial charge in [0.05, 0.1) is 23.2 Å². The number of cyclic esters (lactones) is 1. The monoisotopic (exact) mass is 433 g/mol. The summed E-state index contributed by atoms with van der Waals surface area (Å²) in [6.07, 6.45) is 2.37. The number of para-hydroxylation sites is 2. The molecule has 2 aliphatic heterocycles. The number of anilines is 1. The molecule has 0 fully saturated rings. The molecule has 3 atom stereocenters. The van der Waals surface area contributed by atoms with Crippen molar-refractivity contribution in [1.82, 2.24) is 4.57 Å². The largest absolute Gasteiger partial charge is 0.445 e. The Bertz CT molecular complexity index is 1490. The van der Waals surface area contributed by atoms with Gasteiger partial charge in [-0.1, -0.05) is 54.6 Å². The molecule has 0 bridgehead atoms. The summed E-state index contributed by atoms with van der Waals surface area (Å²) in [4.78, 5) is 15.1. The number of benzene rings is 3. The van der Waals surface area contributed by atoms with Crippen molar-refractivity contribution in [2.75, 3.05) is 4.90 Å². The van der Waals surface area contributed by atoms with Crippen LogP contribution in [0.2, 0.25) is 0 Å². The molecule has 162 valence electrons. The lowest BCUT2D eigenvalue weighted by molar-refractivity contribution is -0.00288. The van der Waals surface area contributed by atoms with Gasteiger partial charge in [0, 0.05) is 34.8 Å². The summed E-state index contributed by atoms with van der Waals surface area (Å²) in [7, 11) is 2.05. The maximum Gasteiger partial charge on any atom is 0.339 e. The minimum Gasteiger partial charge on any atom is -0.445 e. The van der Waals surface area contributed by atoms with E-state index in [0.717, 1.165) is 39.0 Å². The van der Waals surface area contributed by atoms with Gasteiger partial charge >= 0.3 is 5.97 Å². The lowest BCUT2D eigenvalue weighted by Gasteiger charge is -2.38. The Morgan fingerprint density at radius 1 is 1.00 bits per heavy atom. The second kappa shape index (κ2) is 6.73. The van der Waals surface area contributed by atoms with E-state index in [-0.39, 0.29) is 17.9 Å². The Kier molecular flexibility index (Phi) is 4.00. The van der Waals surface area contributed by atoms with Gasteiger partial charge in [-0.25, -0.2) is 4.79 Å². The van der Waals surface area contributed by atoms with Crippen LogP contribution in [0, 0.1) is 18.4 Å². The molecule has 4 aromatic rings. The highest BCUT2D eigenvalue weighted by molar-refractivity contribution is 5.98. The average molecular weight is 434 g/mol. The molecule has 0 radical (unpaired) electrons. The number of esters is 1. The molecule has 3 unspecified atom stereocenters. The minimum atomic E-state index is -1.06. The highest BCUT2D eigenvalue weighted by Crippen LogP contribution is 2.59. The summed E-state index contributed by atoms with van der Waals surface area (Å²) < 4.78 is 8.68. The third-order valence-electron chi connectivity index (χ3n) is 7.54. The van der Waals surface area contributed by atoms with Gasteiger partial charge < -0.3 is 9.30 Å². The summed E-state index contributed by atoms with van der Waals surface area (Å²) in [5.74, 6) is -0.580. The average Bonchev–Trinajstić information content (AvgIpc) is 3.39. The van der Waals surface area contributed by atoms with E-state index in [1.807, 2.05) is 68.6 Å². The third kappa shape index (κ3) is 2.33. The normalized spacial score (nSPS) is 23.3. The van der Waals surface area contributed by atoms with Crippen molar-refractivity contribution in [3.05, 3.63) is 101 Å². The molecule has 0 N–H and O–H groups in total. The molecule has 5 heteroatoms. The first kappa shape index (κ1) is 19.6. The number of aryl methyl sites for hydroxylation is 1. The minimum absolute atomic E-state index is 0.204. The first-order valence-electron chi connectivity index (χ1n) is 11.2. The number of rotatable bonds is 2. The number of nitrogens with zero attached hydrogens (tertiary/aromatic N) is 3. The van der Waals surface area contributed by atoms with Crippen LogP contribution >= 0.6 is 0 Å². The zero-order valence-electron chi connectivity index (χ0n) is 18.7. The van der Waals surface area contributed by atoms with Crippen LogP contribution in [-0.4, -0.2) is 16.6 Å². The van der Waals surface area contributed by atoms with Gasteiger partial charge in [0.2, 0.25) is 0 Å². The smallest absolute Gasteiger partial charge is 0.339 e. The van der Waals surface area contributed by atoms with Crippen molar-refractivity contribution in [2.45, 2.75) is 31.4 Å². The van der Waals surface area contributed by atoms with Crippen LogP contribution in [0.15, 0.2) is 72.8 Å². The molecule has 0 aliphatic carbocycles. The number of carbonyl (C=O) groups excluding carboxylic acids is 1. The van der Waals surface area contributed by atoms with Crippen LogP contribution in [0.5, 0.6) is 0 Å². The van der Waals surface area contributed by atoms with Crippen molar-refractivity contribution >= 4 is 22.6 Å². The second-order valence-electron chi connectivity index (χ2n) is 8.95. The molecule has 3 aromatic carbocycles. The van der Waals surface area contributed by atoms with E-state index in [2.05, 4.69) is 35.9 Å². The molecule has 0 spiro atoms. The zero-order valence-corrected chi connectivity index (χ0v) is 18.7. The van der Waals surface area contributed by atoms with Gasteiger partial charge in [-0.3, -0.25) is 4.90 Å². The van der Waals surface area contributed by atoms with E-state index < -0.39 is 5.60 Å². The first-order chi connectivity index (χ1) is 16.0. The van der Waals surface area contributed by atoms with E-state index in [9.17, 15) is 10.1 Å². The lowest BCUT2D eigenvalue weighted by atomic mass is 9.70. The van der Waals surface area contributed by atoms with Crippen molar-refractivity contribution in [3.63, 3.8) is 0 Å². The SMILES string of the molecule is Cc1c(C2(C3c4ccccc4N(C#N)C3C)OC(=O)c3ccccc32)c2ccccc2n1C. The summed E-state index contributed by atoms with van der Waals surface area (Å²) in [6.45, 7) is 4.13. The number of hydrogen-bond donors (Lipinski definition) is 0. The van der Waals surface area contributed by atoms with E-state index in [1.54, 1.807) is 4.90 Å². The Morgan fingerprint density at radius 3 is 2.52 bits per heavy atom. The number of fused-ring (bicyclic) bond motifs is 3. The van der Waals surface area contributed by atoms with Gasteiger partial charge in [-0.2, -0.15) is 5.26 Å². The Hall–Kier alpha value is -4.04. The van der Waals surface area contributed by atoms with E-state index in [4.69, 9.17) is 4.74 Å². The molecule has 2 aliphatic rings. The lowest BCUT2D eigenvalue weighted by Crippen LogP contribution is -2.42. The predicted octanol–water partition coefficient (Wildman–Crippen LogP) is 5.37. The maximum absolute atomic E-state index is 13.3. The predicted molar refractivity (Wildman–Crippen MR) is 127 cm³/mol. The van der Waals surface area contributed by atoms with Crippen LogP contribution in [0.4, 0.5) is 5.69 Å². The van der Waals surface area contributed by atoms with Crippen LogP contribution in [0.3, 0.4) is 0 Å². The van der Waals surface area contributed by atoms with Gasteiger partial charge in [0.1, 0.15) is 0 Å². The van der Waals surface area contributed by atoms with Crippen molar-refractivity contribution in [2.24, 2.45) is 7.05 Å². The molecule has 3 heterocycles. The highest BCUT2D eigenvalue weighted by atomic mass is 16.6. The molecule has 0 saturated heterocycles. The van der Waals surface area contributed by atoms with Gasteiger partial charge in [0.15, 0.2) is 11.8 Å². The Labute approximate surface area is 192 Å². The van der Waals surface area contributed by atoms with Crippen molar-refractivity contribution in [3.8, 4) is 6.19 Å². The van der Waals surface area contributed by atoms with Crippen LogP contribution in [0.1, 0.15) is 45.6 Å². The quantitative estimate of drug-likeness (QED) is 0.315. The van der Waals surface area contributed by atoms with Gasteiger partial charge in [-0.05, 0) is 37.6 Å². The van der Waals surface area contributed by atoms with Gasteiger partial charge in [0.25, 0.3) is 0 Å². The fourth-order valence-electron chi connectivity index (χ4n) is 6.10. The maximum atomic E-state index is 13.3. The highest BCUT2D eigenvalue weighted by Gasteiger charge is 2.59. The Balaban J connectivity index is 1.77. The van der Waals surface area contributed by atoms with E-state index in [0.29, 0.717) is 5.56 Å². The number of aromatic nitrogens is 1. The topological polar surface area (TPSA) is 58.3 Å². The summed E-state index contributed by atoms with van der Waals surface area (Å²) >= 11 is 0. The van der Waals surface area contributed by atoms with Crippen molar-refractivity contribution < 1.29 is 9.53 Å². The Morgan fingerprint density at radius 2 is 1.70 bits per heavy atom. The number of hydrogen-bond acceptors (Lipinski definition) is 4. The summed E-state index contributed by atoms with van der Waals surface area (Å²) in [6, 6.07) is 23.7. The van der Waals surface area contributed by atoms with E-state index in [1.165, 1.54) is 0 Å². The molecule has 1 aromatic heterocycles. The van der Waals surface area contributed by atoms with Gasteiger partial charge in [-0.15, -0.1) is 0 Å². The number of nitriles is 1. The number of ether oxygens (including phenoxy) is 1. The molecule has 6 rings (SSSR count). The van der Waals surface area contributed by atoms with Crippen LogP contribution < -0.4 is 4.90 Å². The third-order valence-corrected chi connectivity index (χ3v) is 7.54. The fourth-order valence-corrected chi connectivity index (χ4v) is 6.10. The first-order valence-corrected chi connectivity index (χ1v) is 11.2. The van der Waals surface area contributed by atoms with Crippen LogP contribution in [-0.2, 0) is 17.4 Å². The summed E-state index contributed by atoms with van der Waals surface area (Å²) in [5.41, 5.74) is 5.40. The van der Waals surface area contributed by atoms with E-state index >= 15 is 0 Å². The zero-order chi connectivity index (χ0) is 22.9. The molecule has 0 amide bonds.